The van der Waals surface area contributed by atoms with Gasteiger partial charge in [-0.25, -0.2) is 9.59 Å². The van der Waals surface area contributed by atoms with Crippen LogP contribution in [0.25, 0.3) is 0 Å². The number of carbonyl (C=O) groups excluding carboxylic acids is 2. The molecule has 6 heteroatoms. The highest BCUT2D eigenvalue weighted by Gasteiger charge is 2.02. The molecular weight excluding hydrogens is 256 g/mol. The Morgan fingerprint density at radius 2 is 1.05 bits per heavy atom. The van der Waals surface area contributed by atoms with E-state index in [1.54, 1.807) is 0 Å². The van der Waals surface area contributed by atoms with Gasteiger partial charge in [-0.2, -0.15) is 0 Å². The molecule has 0 saturated heterocycles. The number of urea groups is 2. The number of hydrogen-bond donors (Lipinski definition) is 4. The lowest BCUT2D eigenvalue weighted by molar-refractivity contribution is 0.237. The second-order valence-corrected chi connectivity index (χ2v) is 5.52. The molecule has 0 aromatic rings. The van der Waals surface area contributed by atoms with Crippen LogP contribution in [0.4, 0.5) is 9.59 Å². The largest absolute Gasteiger partial charge is 0.338 e. The van der Waals surface area contributed by atoms with E-state index in [4.69, 9.17) is 0 Å². The number of amides is 4. The molecule has 20 heavy (non-hydrogen) atoms. The minimum absolute atomic E-state index is 0.105. The predicted octanol–water partition coefficient (Wildman–Crippen LogP) is 1.96. The molecule has 0 rings (SSSR count). The van der Waals surface area contributed by atoms with Crippen molar-refractivity contribution in [3.63, 3.8) is 0 Å². The second kappa shape index (κ2) is 11.4. The van der Waals surface area contributed by atoms with E-state index in [1.807, 2.05) is 27.7 Å². The maximum absolute atomic E-state index is 11.3. The molecule has 0 aromatic carbocycles. The van der Waals surface area contributed by atoms with E-state index in [0.717, 1.165) is 25.7 Å². The van der Waals surface area contributed by atoms with Gasteiger partial charge in [0, 0.05) is 25.2 Å². The van der Waals surface area contributed by atoms with Crippen LogP contribution in [0.15, 0.2) is 0 Å². The van der Waals surface area contributed by atoms with Gasteiger partial charge in [0.15, 0.2) is 0 Å². The monoisotopic (exact) mass is 286 g/mol. The first-order valence-corrected chi connectivity index (χ1v) is 7.50. The summed E-state index contributed by atoms with van der Waals surface area (Å²) in [6.45, 7) is 9.12. The molecule has 0 aliphatic rings. The van der Waals surface area contributed by atoms with Crippen LogP contribution in [0.2, 0.25) is 0 Å². The molecule has 118 valence electrons. The Balaban J connectivity index is 3.29. The summed E-state index contributed by atoms with van der Waals surface area (Å²) in [7, 11) is 0. The van der Waals surface area contributed by atoms with Crippen LogP contribution in [0, 0.1) is 0 Å². The number of rotatable bonds is 9. The van der Waals surface area contributed by atoms with Crippen LogP contribution in [0.5, 0.6) is 0 Å². The van der Waals surface area contributed by atoms with E-state index in [0.29, 0.717) is 13.1 Å². The second-order valence-electron chi connectivity index (χ2n) is 5.52. The molecule has 0 aliphatic carbocycles. The van der Waals surface area contributed by atoms with Gasteiger partial charge in [0.2, 0.25) is 0 Å². The molecular formula is C14H30N4O2. The summed E-state index contributed by atoms with van der Waals surface area (Å²) >= 11 is 0. The average Bonchev–Trinajstić information content (AvgIpc) is 2.30. The lowest BCUT2D eigenvalue weighted by Crippen LogP contribution is -2.40. The third-order valence-corrected chi connectivity index (χ3v) is 2.51. The van der Waals surface area contributed by atoms with Crippen LogP contribution >= 0.6 is 0 Å². The Bertz CT molecular complexity index is 252. The summed E-state index contributed by atoms with van der Waals surface area (Å²) in [5.41, 5.74) is 0. The molecule has 0 fully saturated rings. The quantitative estimate of drug-likeness (QED) is 0.489. The van der Waals surface area contributed by atoms with Crippen molar-refractivity contribution in [3.8, 4) is 0 Å². The fourth-order valence-electron chi connectivity index (χ4n) is 1.63. The Morgan fingerprint density at radius 3 is 1.35 bits per heavy atom. The highest BCUT2D eigenvalue weighted by atomic mass is 16.2. The van der Waals surface area contributed by atoms with E-state index in [1.165, 1.54) is 0 Å². The number of hydrogen-bond acceptors (Lipinski definition) is 2. The Kier molecular flexibility index (Phi) is 10.5. The van der Waals surface area contributed by atoms with E-state index < -0.39 is 0 Å². The highest BCUT2D eigenvalue weighted by Crippen LogP contribution is 1.97. The number of nitrogens with one attached hydrogen (secondary N) is 4. The fraction of sp³-hybridized carbons (Fsp3) is 0.857. The lowest BCUT2D eigenvalue weighted by Gasteiger charge is -2.10. The smallest absolute Gasteiger partial charge is 0.314 e. The van der Waals surface area contributed by atoms with Gasteiger partial charge in [-0.05, 0) is 40.5 Å². The Labute approximate surface area is 122 Å². The Hall–Kier alpha value is -1.46. The van der Waals surface area contributed by atoms with Crippen molar-refractivity contribution in [1.29, 1.82) is 0 Å². The van der Waals surface area contributed by atoms with Crippen molar-refractivity contribution in [3.05, 3.63) is 0 Å². The molecule has 0 radical (unpaired) electrons. The van der Waals surface area contributed by atoms with Crippen molar-refractivity contribution in [2.24, 2.45) is 0 Å². The summed E-state index contributed by atoms with van der Waals surface area (Å²) in [5, 5.41) is 11.2. The minimum atomic E-state index is -0.105. The average molecular weight is 286 g/mol. The molecule has 0 aromatic heterocycles. The van der Waals surface area contributed by atoms with Gasteiger partial charge in [0.05, 0.1) is 0 Å². The van der Waals surface area contributed by atoms with E-state index in [2.05, 4.69) is 21.3 Å². The summed E-state index contributed by atoms with van der Waals surface area (Å²) in [5.74, 6) is 0. The SMILES string of the molecule is CC(C)NC(=O)NCCCCCCNC(=O)NC(C)C. The molecule has 0 spiro atoms. The third kappa shape index (κ3) is 13.0. The van der Waals surface area contributed by atoms with Crippen molar-refractivity contribution in [2.45, 2.75) is 65.5 Å². The van der Waals surface area contributed by atoms with Crippen LogP contribution in [-0.2, 0) is 0 Å². The van der Waals surface area contributed by atoms with Gasteiger partial charge >= 0.3 is 12.1 Å². The van der Waals surface area contributed by atoms with Crippen LogP contribution < -0.4 is 21.3 Å². The highest BCUT2D eigenvalue weighted by molar-refractivity contribution is 5.74. The summed E-state index contributed by atoms with van der Waals surface area (Å²) in [4.78, 5) is 22.5. The molecule has 0 saturated carbocycles. The zero-order valence-corrected chi connectivity index (χ0v) is 13.2. The Morgan fingerprint density at radius 1 is 0.700 bits per heavy atom. The maximum Gasteiger partial charge on any atom is 0.314 e. The van der Waals surface area contributed by atoms with Gasteiger partial charge in [-0.1, -0.05) is 12.8 Å². The van der Waals surface area contributed by atoms with Crippen LogP contribution in [0.1, 0.15) is 53.4 Å². The first kappa shape index (κ1) is 18.5. The molecule has 0 heterocycles. The molecule has 0 unspecified atom stereocenters. The normalized spacial score (nSPS) is 10.5. The third-order valence-electron chi connectivity index (χ3n) is 2.51. The molecule has 0 aliphatic heterocycles. The first-order valence-electron chi connectivity index (χ1n) is 7.50. The summed E-state index contributed by atoms with van der Waals surface area (Å²) in [6.07, 6.45) is 4.03. The fourth-order valence-corrected chi connectivity index (χ4v) is 1.63. The summed E-state index contributed by atoms with van der Waals surface area (Å²) in [6, 6.07) is 0.121. The van der Waals surface area contributed by atoms with Crippen molar-refractivity contribution >= 4 is 12.1 Å². The standard InChI is InChI=1S/C14H30N4O2/c1-11(2)17-13(19)15-9-7-5-6-8-10-16-14(20)18-12(3)4/h11-12H,5-10H2,1-4H3,(H2,15,17,19)(H2,16,18,20). The molecule has 0 bridgehead atoms. The zero-order valence-electron chi connectivity index (χ0n) is 13.2. The van der Waals surface area contributed by atoms with Crippen molar-refractivity contribution < 1.29 is 9.59 Å². The van der Waals surface area contributed by atoms with Gasteiger partial charge < -0.3 is 21.3 Å². The molecule has 6 nitrogen and oxygen atoms in total. The first-order chi connectivity index (χ1) is 9.41. The number of unbranched alkanes of at least 4 members (excludes halogenated alkanes) is 3. The summed E-state index contributed by atoms with van der Waals surface area (Å²) < 4.78 is 0. The zero-order chi connectivity index (χ0) is 15.4. The van der Waals surface area contributed by atoms with Gasteiger partial charge in [0.1, 0.15) is 0 Å². The molecule has 4 amide bonds. The van der Waals surface area contributed by atoms with E-state index in [9.17, 15) is 9.59 Å². The van der Waals surface area contributed by atoms with Gasteiger partial charge in [-0.15, -0.1) is 0 Å². The maximum atomic E-state index is 11.3. The molecule has 0 atom stereocenters. The minimum Gasteiger partial charge on any atom is -0.338 e. The van der Waals surface area contributed by atoms with Crippen LogP contribution in [-0.4, -0.2) is 37.2 Å². The predicted molar refractivity (Wildman–Crippen MR) is 81.8 cm³/mol. The van der Waals surface area contributed by atoms with Crippen LogP contribution in [0.3, 0.4) is 0 Å². The van der Waals surface area contributed by atoms with Gasteiger partial charge in [-0.3, -0.25) is 0 Å². The number of carbonyl (C=O) groups is 2. The molecule has 4 N–H and O–H groups in total. The van der Waals surface area contributed by atoms with Crippen molar-refractivity contribution in [2.75, 3.05) is 13.1 Å². The van der Waals surface area contributed by atoms with E-state index in [-0.39, 0.29) is 24.1 Å². The van der Waals surface area contributed by atoms with E-state index >= 15 is 0 Å². The van der Waals surface area contributed by atoms with Crippen molar-refractivity contribution in [1.82, 2.24) is 21.3 Å². The lowest BCUT2D eigenvalue weighted by atomic mass is 10.2. The van der Waals surface area contributed by atoms with Gasteiger partial charge in [0.25, 0.3) is 0 Å². The topological polar surface area (TPSA) is 82.3 Å².